The number of aromatic nitrogens is 3. The van der Waals surface area contributed by atoms with Crippen LogP contribution in [0, 0.1) is 0 Å². The maximum absolute atomic E-state index is 14.5. The predicted molar refractivity (Wildman–Crippen MR) is 199 cm³/mol. The largest absolute Gasteiger partial charge is 0.474 e. The summed E-state index contributed by atoms with van der Waals surface area (Å²) >= 11 is 0. The molecule has 2 aromatic heterocycles. The number of hydrogen-bond acceptors (Lipinski definition) is 10. The number of nitrogens with zero attached hydrogens (tertiary/aromatic N) is 5. The van der Waals surface area contributed by atoms with Gasteiger partial charge in [0.05, 0.1) is 39.5 Å². The van der Waals surface area contributed by atoms with Crippen LogP contribution < -0.4 is 20.8 Å². The minimum Gasteiger partial charge on any atom is -0.474 e. The number of H-pyrrole nitrogens is 1. The Labute approximate surface area is 303 Å². The summed E-state index contributed by atoms with van der Waals surface area (Å²) in [6.07, 6.45) is 21.0. The molecular weight excluding hydrogens is 679 g/mol. The van der Waals surface area contributed by atoms with Gasteiger partial charge >= 0.3 is 6.09 Å². The monoisotopic (exact) mass is 721 g/mol. The first-order valence-electron chi connectivity index (χ1n) is 18.0. The molecule has 6 aliphatic rings. The summed E-state index contributed by atoms with van der Waals surface area (Å²) in [4.78, 5) is 36.8. The van der Waals surface area contributed by atoms with Crippen LogP contribution in [0.2, 0.25) is 0 Å². The van der Waals surface area contributed by atoms with Gasteiger partial charge < -0.3 is 24.7 Å². The fraction of sp³-hybridized carbons (Fsp3) is 0.410. The zero-order valence-electron chi connectivity index (χ0n) is 29.6. The zero-order valence-corrected chi connectivity index (χ0v) is 30.4. The smallest absolute Gasteiger partial charge is 0.410 e. The highest BCUT2D eigenvalue weighted by atomic mass is 32.2. The molecule has 5 aliphatic heterocycles. The Morgan fingerprint density at radius 3 is 2.48 bits per heavy atom. The third-order valence-electron chi connectivity index (χ3n) is 10.0. The lowest BCUT2D eigenvalue weighted by Crippen LogP contribution is -2.44. The second-order valence-corrected chi connectivity index (χ2v) is 17.2. The number of ether oxygens (including phenoxy) is 2. The fourth-order valence-corrected chi connectivity index (χ4v) is 9.64. The molecule has 2 fully saturated rings. The van der Waals surface area contributed by atoms with Crippen molar-refractivity contribution >= 4 is 39.5 Å². The Balaban J connectivity index is 1.16. The molecule has 270 valence electrons. The molecule has 0 radical (unpaired) electrons. The van der Waals surface area contributed by atoms with Crippen LogP contribution in [0.3, 0.4) is 0 Å². The predicted octanol–water partition coefficient (Wildman–Crippen LogP) is 4.40. The number of aliphatic imine (C=N–C) groups is 2. The van der Waals surface area contributed by atoms with Crippen molar-refractivity contribution in [3.63, 3.8) is 0 Å². The van der Waals surface area contributed by atoms with E-state index >= 15 is 0 Å². The van der Waals surface area contributed by atoms with Crippen LogP contribution in [-0.4, -0.2) is 75.8 Å². The van der Waals surface area contributed by atoms with Crippen LogP contribution in [-0.2, 0) is 20.1 Å². The number of piperidine rings is 1. The molecule has 13 heteroatoms. The van der Waals surface area contributed by atoms with E-state index in [1.54, 1.807) is 11.0 Å². The van der Waals surface area contributed by atoms with Crippen LogP contribution in [0.25, 0.3) is 12.2 Å². The summed E-state index contributed by atoms with van der Waals surface area (Å²) in [6, 6.07) is 5.80. The standard InChI is InChI=1S/C39H43N7O5S/c1-38(2,3)51-37(47)46-18-15-30(16-19-46)50-35-22-34(40-24-41-35)39-17-14-33(45-39)36(52(48,49)31-6-4-5-7-31)32-13-12-28(44-32)21-26-9-8-25(42-26)20-27-10-11-29(23-39)43-27/h8-14,20-24,30-31,43,45H,4-7,15-19H2,1-3H3. The molecule has 1 aliphatic carbocycles. The maximum atomic E-state index is 14.5. The summed E-state index contributed by atoms with van der Waals surface area (Å²) in [6.45, 7) is 6.61. The molecule has 8 bridgehead atoms. The molecular formula is C39H43N7O5S. The first kappa shape index (κ1) is 34.1. The van der Waals surface area contributed by atoms with Gasteiger partial charge in [-0.05, 0) is 88.3 Å². The second kappa shape index (κ2) is 13.2. The Morgan fingerprint density at radius 1 is 0.942 bits per heavy atom. The minimum atomic E-state index is -3.75. The van der Waals surface area contributed by atoms with Gasteiger partial charge in [-0.2, -0.15) is 0 Å². The number of rotatable bonds is 5. The van der Waals surface area contributed by atoms with Crippen molar-refractivity contribution < 1.29 is 22.7 Å². The van der Waals surface area contributed by atoms with Crippen molar-refractivity contribution in [1.29, 1.82) is 0 Å². The van der Waals surface area contributed by atoms with E-state index in [1.807, 2.05) is 81.5 Å². The van der Waals surface area contributed by atoms with E-state index in [2.05, 4.69) is 15.3 Å². The third kappa shape index (κ3) is 6.93. The van der Waals surface area contributed by atoms with Crippen molar-refractivity contribution in [3.8, 4) is 5.88 Å². The Morgan fingerprint density at radius 2 is 1.69 bits per heavy atom. The molecule has 52 heavy (non-hydrogen) atoms. The van der Waals surface area contributed by atoms with Crippen molar-refractivity contribution in [3.05, 3.63) is 99.4 Å². The molecule has 0 aromatic carbocycles. The van der Waals surface area contributed by atoms with E-state index in [1.165, 1.54) is 6.33 Å². The molecule has 1 saturated carbocycles. The number of carbonyl (C=O) groups excluding carboxylic acids is 1. The average Bonchev–Trinajstić information content (AvgIpc) is 3.94. The molecule has 8 rings (SSSR count). The highest BCUT2D eigenvalue weighted by Gasteiger charge is 2.43. The molecule has 1 saturated heterocycles. The minimum absolute atomic E-state index is 0.150. The quantitative estimate of drug-likeness (QED) is 0.461. The first-order valence-corrected chi connectivity index (χ1v) is 19.6. The number of carbonyl (C=O) groups is 1. The van der Waals surface area contributed by atoms with Gasteiger partial charge in [0, 0.05) is 49.1 Å². The van der Waals surface area contributed by atoms with Crippen molar-refractivity contribution in [1.82, 2.24) is 25.2 Å². The summed E-state index contributed by atoms with van der Waals surface area (Å²) < 4.78 is 40.9. The molecule has 2 N–H and O–H groups in total. The van der Waals surface area contributed by atoms with Crippen LogP contribution in [0.4, 0.5) is 4.79 Å². The molecule has 0 spiro atoms. The maximum Gasteiger partial charge on any atom is 0.410 e. The Bertz CT molecular complexity index is 2260. The second-order valence-electron chi connectivity index (χ2n) is 15.1. The van der Waals surface area contributed by atoms with Crippen LogP contribution in [0.1, 0.15) is 71.4 Å². The lowest BCUT2D eigenvalue weighted by Gasteiger charge is -2.33. The zero-order chi connectivity index (χ0) is 36.1. The lowest BCUT2D eigenvalue weighted by atomic mass is 9.92. The Kier molecular flexibility index (Phi) is 8.63. The molecule has 1 unspecified atom stereocenters. The third-order valence-corrected chi connectivity index (χ3v) is 12.4. The van der Waals surface area contributed by atoms with Gasteiger partial charge in [0.15, 0.2) is 9.84 Å². The van der Waals surface area contributed by atoms with Gasteiger partial charge in [0.2, 0.25) is 5.88 Å². The Hall–Kier alpha value is -5.04. The van der Waals surface area contributed by atoms with E-state index in [4.69, 9.17) is 24.4 Å². The average molecular weight is 722 g/mol. The van der Waals surface area contributed by atoms with Gasteiger partial charge in [-0.25, -0.2) is 33.2 Å². The van der Waals surface area contributed by atoms with Crippen LogP contribution >= 0.6 is 0 Å². The molecule has 1 amide bonds. The number of nitrogens with one attached hydrogen (secondary N) is 2. The van der Waals surface area contributed by atoms with Crippen molar-refractivity contribution in [2.45, 2.75) is 88.2 Å². The number of sulfone groups is 1. The van der Waals surface area contributed by atoms with E-state index < -0.39 is 26.2 Å². The molecule has 2 aromatic rings. The van der Waals surface area contributed by atoms with E-state index in [0.717, 1.165) is 34.9 Å². The number of aromatic amines is 1. The molecule has 7 heterocycles. The van der Waals surface area contributed by atoms with Gasteiger partial charge in [-0.3, -0.25) is 0 Å². The lowest BCUT2D eigenvalue weighted by molar-refractivity contribution is 0.0122. The molecule has 12 nitrogen and oxygen atoms in total. The van der Waals surface area contributed by atoms with E-state index in [0.29, 0.717) is 73.9 Å². The summed E-state index contributed by atoms with van der Waals surface area (Å²) in [7, 11) is -3.75. The summed E-state index contributed by atoms with van der Waals surface area (Å²) in [5.74, 6) is 0.408. The number of hydrogen-bond donors (Lipinski definition) is 2. The number of fused-ring (bicyclic) bond motifs is 6. The summed E-state index contributed by atoms with van der Waals surface area (Å²) in [5.41, 5.74) is 2.21. The topological polar surface area (TPSA) is 151 Å². The highest BCUT2D eigenvalue weighted by Crippen LogP contribution is 2.41. The number of amides is 1. The van der Waals surface area contributed by atoms with E-state index in [-0.39, 0.29) is 17.1 Å². The van der Waals surface area contributed by atoms with Gasteiger partial charge in [-0.1, -0.05) is 18.9 Å². The SMILES string of the molecule is CC(C)(C)OC(=O)N1CCC(Oc2cc(C34C=c5ccc([nH]5)=CC5=NC(=CC6=NC(=C(S(=O)(=O)C7CCCC7)C(=CC3)N4)C=C6)C=C5)ncn2)CC1. The van der Waals surface area contributed by atoms with Crippen molar-refractivity contribution in [2.75, 3.05) is 13.1 Å². The number of allylic oxidation sites excluding steroid dienone is 5. The highest BCUT2D eigenvalue weighted by molar-refractivity contribution is 7.96. The fourth-order valence-electron chi connectivity index (χ4n) is 7.51. The summed E-state index contributed by atoms with van der Waals surface area (Å²) in [5, 5.41) is 4.87. The number of likely N-dealkylation sites (tertiary alicyclic amines) is 1. The van der Waals surface area contributed by atoms with Crippen molar-refractivity contribution in [2.24, 2.45) is 9.98 Å². The van der Waals surface area contributed by atoms with Gasteiger partial charge in [0.1, 0.15) is 28.5 Å². The molecule has 1 atom stereocenters. The van der Waals surface area contributed by atoms with Crippen LogP contribution in [0.15, 0.2) is 93.0 Å². The van der Waals surface area contributed by atoms with Gasteiger partial charge in [0.25, 0.3) is 0 Å². The van der Waals surface area contributed by atoms with Crippen LogP contribution in [0.5, 0.6) is 5.88 Å². The first-order chi connectivity index (χ1) is 24.9. The normalized spacial score (nSPS) is 23.4. The van der Waals surface area contributed by atoms with E-state index in [9.17, 15) is 13.2 Å². The van der Waals surface area contributed by atoms with Gasteiger partial charge in [-0.15, -0.1) is 0 Å².